The first-order valence-electron chi connectivity index (χ1n) is 20.7. The molecule has 2 heteroatoms. The summed E-state index contributed by atoms with van der Waals surface area (Å²) in [6, 6.07) is 84.4. The third-order valence-electron chi connectivity index (χ3n) is 12.3. The zero-order valence-electron chi connectivity index (χ0n) is 32.8. The van der Waals surface area contributed by atoms with Gasteiger partial charge in [0.2, 0.25) is 0 Å². The van der Waals surface area contributed by atoms with Gasteiger partial charge in [-0.15, -0.1) is 0 Å². The molecule has 0 bridgehead atoms. The Bertz CT molecular complexity index is 3480. The van der Waals surface area contributed by atoms with Crippen LogP contribution in [0.15, 0.2) is 231 Å². The molecule has 0 aliphatic carbocycles. The average Bonchev–Trinajstić information content (AvgIpc) is 3.67. The van der Waals surface area contributed by atoms with Crippen LogP contribution in [-0.4, -0.2) is 4.57 Å². The maximum absolute atomic E-state index is 2.43. The lowest BCUT2D eigenvalue weighted by Crippen LogP contribution is -2.10. The quantitative estimate of drug-likeness (QED) is 0.153. The highest BCUT2D eigenvalue weighted by Gasteiger charge is 2.21. The van der Waals surface area contributed by atoms with E-state index in [-0.39, 0.29) is 0 Å². The van der Waals surface area contributed by atoms with Crippen LogP contribution < -0.4 is 4.90 Å². The first-order chi connectivity index (χ1) is 29.8. The SMILES string of the molecule is c1ccc(-c2cccc3c2c2c(-c4cccc(N(c5ccc6c(ccc7ccccc76)c5)c5ccc6c(ccc7ccccc76)c5)c4)cccc2n3-c2ccccc2)cc1. The second kappa shape index (κ2) is 13.9. The summed E-state index contributed by atoms with van der Waals surface area (Å²) in [6.45, 7) is 0. The van der Waals surface area contributed by atoms with Crippen LogP contribution >= 0.6 is 0 Å². The van der Waals surface area contributed by atoms with E-state index in [1.54, 1.807) is 0 Å². The van der Waals surface area contributed by atoms with Crippen molar-refractivity contribution in [3.8, 4) is 27.9 Å². The van der Waals surface area contributed by atoms with E-state index in [2.05, 4.69) is 240 Å². The Morgan fingerprint density at radius 3 is 1.33 bits per heavy atom. The first kappa shape index (κ1) is 34.1. The standard InChI is InChI=1S/C58H38N2/c1-3-14-39(15-4-1)53-24-12-26-55-57(53)58-54(25-13-27-56(58)60(55)45-19-5-2-6-20-45)42-18-11-21-46(36-42)59(47-32-34-51-43(37-47)30-28-40-16-7-9-22-49(40)51)48-33-35-52-44(38-48)31-29-41-17-8-10-23-50(41)52/h1-38H. The van der Waals surface area contributed by atoms with E-state index in [1.165, 1.54) is 81.6 Å². The summed E-state index contributed by atoms with van der Waals surface area (Å²) in [4.78, 5) is 2.43. The van der Waals surface area contributed by atoms with Crippen LogP contribution in [0.25, 0.3) is 92.8 Å². The van der Waals surface area contributed by atoms with Crippen LogP contribution in [0.5, 0.6) is 0 Å². The summed E-state index contributed by atoms with van der Waals surface area (Å²) in [5.41, 5.74) is 11.6. The van der Waals surface area contributed by atoms with E-state index >= 15 is 0 Å². The summed E-state index contributed by atoms with van der Waals surface area (Å²) in [7, 11) is 0. The van der Waals surface area contributed by atoms with Gasteiger partial charge in [-0.3, -0.25) is 0 Å². The molecule has 0 saturated carbocycles. The molecule has 280 valence electrons. The second-order valence-corrected chi connectivity index (χ2v) is 15.7. The van der Waals surface area contributed by atoms with E-state index in [9.17, 15) is 0 Å². The maximum atomic E-state index is 2.43. The lowest BCUT2D eigenvalue weighted by Gasteiger charge is -2.27. The number of aromatic nitrogens is 1. The summed E-state index contributed by atoms with van der Waals surface area (Å²) in [5.74, 6) is 0. The molecule has 12 aromatic rings. The van der Waals surface area contributed by atoms with Crippen molar-refractivity contribution in [1.82, 2.24) is 4.57 Å². The van der Waals surface area contributed by atoms with Gasteiger partial charge in [0, 0.05) is 33.5 Å². The topological polar surface area (TPSA) is 8.17 Å². The smallest absolute Gasteiger partial charge is 0.0547 e. The summed E-state index contributed by atoms with van der Waals surface area (Å²) < 4.78 is 2.42. The molecule has 0 N–H and O–H groups in total. The highest BCUT2D eigenvalue weighted by atomic mass is 15.1. The number of nitrogens with zero attached hydrogens (tertiary/aromatic N) is 2. The van der Waals surface area contributed by atoms with E-state index in [0.29, 0.717) is 0 Å². The number of anilines is 3. The molecule has 0 atom stereocenters. The van der Waals surface area contributed by atoms with Gasteiger partial charge in [-0.25, -0.2) is 0 Å². The molecule has 11 aromatic carbocycles. The zero-order chi connectivity index (χ0) is 39.6. The molecule has 0 fully saturated rings. The molecular formula is C58H38N2. The predicted octanol–water partition coefficient (Wildman–Crippen LogP) is 16.2. The molecule has 0 spiro atoms. The molecule has 0 aliphatic rings. The second-order valence-electron chi connectivity index (χ2n) is 15.7. The van der Waals surface area contributed by atoms with E-state index in [4.69, 9.17) is 0 Å². The largest absolute Gasteiger partial charge is 0.310 e. The van der Waals surface area contributed by atoms with Crippen LogP contribution in [0.2, 0.25) is 0 Å². The van der Waals surface area contributed by atoms with Crippen molar-refractivity contribution in [3.05, 3.63) is 231 Å². The Balaban J connectivity index is 1.10. The maximum Gasteiger partial charge on any atom is 0.0547 e. The van der Waals surface area contributed by atoms with Gasteiger partial charge in [-0.1, -0.05) is 170 Å². The van der Waals surface area contributed by atoms with Gasteiger partial charge in [0.1, 0.15) is 0 Å². The molecule has 1 aromatic heterocycles. The van der Waals surface area contributed by atoms with Crippen LogP contribution in [0, 0.1) is 0 Å². The third kappa shape index (κ3) is 5.50. The van der Waals surface area contributed by atoms with Crippen molar-refractivity contribution in [1.29, 1.82) is 0 Å². The fraction of sp³-hybridized carbons (Fsp3) is 0. The van der Waals surface area contributed by atoms with Crippen molar-refractivity contribution in [2.75, 3.05) is 4.90 Å². The lowest BCUT2D eigenvalue weighted by molar-refractivity contribution is 1.18. The Morgan fingerprint density at radius 2 is 0.733 bits per heavy atom. The van der Waals surface area contributed by atoms with Gasteiger partial charge in [0.05, 0.1) is 11.0 Å². The van der Waals surface area contributed by atoms with Crippen molar-refractivity contribution < 1.29 is 0 Å². The van der Waals surface area contributed by atoms with Crippen LogP contribution in [-0.2, 0) is 0 Å². The average molecular weight is 763 g/mol. The first-order valence-corrected chi connectivity index (χ1v) is 20.7. The number of rotatable bonds is 6. The van der Waals surface area contributed by atoms with Crippen LogP contribution in [0.3, 0.4) is 0 Å². The fourth-order valence-electron chi connectivity index (χ4n) is 9.60. The Labute approximate surface area is 348 Å². The normalized spacial score (nSPS) is 11.7. The summed E-state index contributed by atoms with van der Waals surface area (Å²) >= 11 is 0. The Morgan fingerprint density at radius 1 is 0.283 bits per heavy atom. The summed E-state index contributed by atoms with van der Waals surface area (Å²) in [6.07, 6.45) is 0. The van der Waals surface area contributed by atoms with Gasteiger partial charge in [-0.2, -0.15) is 0 Å². The van der Waals surface area contributed by atoms with Gasteiger partial charge >= 0.3 is 0 Å². The minimum atomic E-state index is 1.10. The van der Waals surface area contributed by atoms with E-state index < -0.39 is 0 Å². The number of benzene rings is 11. The van der Waals surface area contributed by atoms with Gasteiger partial charge in [0.15, 0.2) is 0 Å². The molecule has 60 heavy (non-hydrogen) atoms. The van der Waals surface area contributed by atoms with E-state index in [0.717, 1.165) is 28.3 Å². The minimum absolute atomic E-state index is 1.10. The molecule has 0 aliphatic heterocycles. The number of hydrogen-bond acceptors (Lipinski definition) is 1. The zero-order valence-corrected chi connectivity index (χ0v) is 32.8. The van der Waals surface area contributed by atoms with Crippen molar-refractivity contribution in [2.24, 2.45) is 0 Å². The predicted molar refractivity (Wildman–Crippen MR) is 256 cm³/mol. The van der Waals surface area contributed by atoms with Crippen molar-refractivity contribution >= 4 is 82.0 Å². The molecule has 0 radical (unpaired) electrons. The van der Waals surface area contributed by atoms with Crippen LogP contribution in [0.4, 0.5) is 17.1 Å². The Hall–Kier alpha value is -7.94. The highest BCUT2D eigenvalue weighted by Crippen LogP contribution is 2.45. The van der Waals surface area contributed by atoms with Gasteiger partial charge in [-0.05, 0) is 126 Å². The fourth-order valence-corrected chi connectivity index (χ4v) is 9.60. The van der Waals surface area contributed by atoms with Gasteiger partial charge in [0.25, 0.3) is 0 Å². The third-order valence-corrected chi connectivity index (χ3v) is 12.3. The van der Waals surface area contributed by atoms with Gasteiger partial charge < -0.3 is 9.47 Å². The molecule has 0 unspecified atom stereocenters. The molecular weight excluding hydrogens is 725 g/mol. The minimum Gasteiger partial charge on any atom is -0.310 e. The number of para-hydroxylation sites is 1. The molecule has 1 heterocycles. The Kier molecular flexibility index (Phi) is 7.89. The monoisotopic (exact) mass is 762 g/mol. The lowest BCUT2D eigenvalue weighted by atomic mass is 9.94. The molecule has 12 rings (SSSR count). The molecule has 2 nitrogen and oxygen atoms in total. The van der Waals surface area contributed by atoms with Crippen molar-refractivity contribution in [3.63, 3.8) is 0 Å². The van der Waals surface area contributed by atoms with E-state index in [1.807, 2.05) is 0 Å². The summed E-state index contributed by atoms with van der Waals surface area (Å²) in [5, 5.41) is 12.5. The molecule has 0 amide bonds. The number of fused-ring (bicyclic) bond motifs is 9. The molecule has 0 saturated heterocycles. The van der Waals surface area contributed by atoms with Crippen molar-refractivity contribution in [2.45, 2.75) is 0 Å². The van der Waals surface area contributed by atoms with Crippen LogP contribution in [0.1, 0.15) is 0 Å². The number of hydrogen-bond donors (Lipinski definition) is 0. The highest BCUT2D eigenvalue weighted by molar-refractivity contribution is 6.21.